The number of benzene rings is 1. The van der Waals surface area contributed by atoms with E-state index in [-0.39, 0.29) is 6.04 Å². The summed E-state index contributed by atoms with van der Waals surface area (Å²) in [6, 6.07) is 8.75. The topological polar surface area (TPSA) is 50.9 Å². The van der Waals surface area contributed by atoms with Crippen LogP contribution in [0, 0.1) is 6.92 Å². The molecular formula is C15H21N3S. The van der Waals surface area contributed by atoms with Gasteiger partial charge in [-0.25, -0.2) is 4.98 Å². The average Bonchev–Trinajstić information content (AvgIpc) is 2.84. The van der Waals surface area contributed by atoms with Crippen molar-refractivity contribution in [2.24, 2.45) is 5.73 Å². The maximum Gasteiger partial charge on any atom is 0.109 e. The molecule has 0 amide bonds. The third-order valence-electron chi connectivity index (χ3n) is 3.14. The second-order valence-corrected chi connectivity index (χ2v) is 5.99. The maximum absolute atomic E-state index is 5.65. The molecule has 1 atom stereocenters. The van der Waals surface area contributed by atoms with Gasteiger partial charge in [-0.1, -0.05) is 24.3 Å². The lowest BCUT2D eigenvalue weighted by molar-refractivity contribution is 0.569. The molecule has 19 heavy (non-hydrogen) atoms. The van der Waals surface area contributed by atoms with Crippen LogP contribution in [0.1, 0.15) is 34.0 Å². The molecular weight excluding hydrogens is 254 g/mol. The Morgan fingerprint density at radius 3 is 2.68 bits per heavy atom. The van der Waals surface area contributed by atoms with Gasteiger partial charge in [0.1, 0.15) is 5.01 Å². The summed E-state index contributed by atoms with van der Waals surface area (Å²) in [5.41, 5.74) is 8.31. The number of nitrogens with one attached hydrogen (secondary N) is 1. The molecule has 1 aromatic heterocycles. The third-order valence-corrected chi connectivity index (χ3v) is 4.24. The van der Waals surface area contributed by atoms with Crippen LogP contribution in [0.3, 0.4) is 0 Å². The van der Waals surface area contributed by atoms with E-state index >= 15 is 0 Å². The summed E-state index contributed by atoms with van der Waals surface area (Å²) in [5, 5.41) is 4.68. The quantitative estimate of drug-likeness (QED) is 0.852. The van der Waals surface area contributed by atoms with Gasteiger partial charge in [0.05, 0.1) is 6.04 Å². The number of hydrogen-bond donors (Lipinski definition) is 2. The lowest BCUT2D eigenvalue weighted by Gasteiger charge is -2.13. The smallest absolute Gasteiger partial charge is 0.109 e. The fourth-order valence-corrected chi connectivity index (χ4v) is 2.85. The van der Waals surface area contributed by atoms with Gasteiger partial charge < -0.3 is 11.1 Å². The van der Waals surface area contributed by atoms with E-state index in [4.69, 9.17) is 5.73 Å². The first-order chi connectivity index (χ1) is 9.20. The van der Waals surface area contributed by atoms with Gasteiger partial charge >= 0.3 is 0 Å². The van der Waals surface area contributed by atoms with Crippen LogP contribution in [0.15, 0.2) is 30.5 Å². The SMILES string of the molecule is Cc1cnc(C(C)NCc2ccccc2CCN)s1. The molecule has 0 fully saturated rings. The standard InChI is InChI=1S/C15H21N3S/c1-11-9-18-15(19-11)12(2)17-10-14-6-4-3-5-13(14)7-8-16/h3-6,9,12,17H,7-8,10,16H2,1-2H3. The zero-order valence-corrected chi connectivity index (χ0v) is 12.3. The van der Waals surface area contributed by atoms with E-state index in [0.29, 0.717) is 6.54 Å². The van der Waals surface area contributed by atoms with E-state index in [1.165, 1.54) is 16.0 Å². The minimum Gasteiger partial charge on any atom is -0.330 e. The van der Waals surface area contributed by atoms with Crippen molar-refractivity contribution in [3.63, 3.8) is 0 Å². The van der Waals surface area contributed by atoms with Gasteiger partial charge in [0, 0.05) is 17.6 Å². The Morgan fingerprint density at radius 2 is 2.05 bits per heavy atom. The molecule has 3 N–H and O–H groups in total. The average molecular weight is 275 g/mol. The number of aryl methyl sites for hydroxylation is 1. The van der Waals surface area contributed by atoms with Crippen molar-refractivity contribution in [2.75, 3.05) is 6.54 Å². The Bertz CT molecular complexity index is 522. The minimum absolute atomic E-state index is 0.282. The Balaban J connectivity index is 1.98. The number of aromatic nitrogens is 1. The fourth-order valence-electron chi connectivity index (χ4n) is 2.05. The molecule has 3 nitrogen and oxygen atoms in total. The van der Waals surface area contributed by atoms with Gasteiger partial charge in [-0.05, 0) is 37.9 Å². The summed E-state index contributed by atoms with van der Waals surface area (Å²) in [6.45, 7) is 5.79. The fraction of sp³-hybridized carbons (Fsp3) is 0.400. The number of hydrogen-bond acceptors (Lipinski definition) is 4. The van der Waals surface area contributed by atoms with E-state index < -0.39 is 0 Å². The molecule has 1 heterocycles. The molecule has 2 aromatic rings. The number of thiazole rings is 1. The second kappa shape index (κ2) is 6.80. The molecule has 102 valence electrons. The van der Waals surface area contributed by atoms with Crippen molar-refractivity contribution < 1.29 is 0 Å². The second-order valence-electron chi connectivity index (χ2n) is 4.72. The van der Waals surface area contributed by atoms with Crippen LogP contribution < -0.4 is 11.1 Å². The van der Waals surface area contributed by atoms with Crippen molar-refractivity contribution in [1.29, 1.82) is 0 Å². The Hall–Kier alpha value is -1.23. The van der Waals surface area contributed by atoms with Crippen LogP contribution in [-0.4, -0.2) is 11.5 Å². The number of rotatable bonds is 6. The predicted octanol–water partition coefficient (Wildman–Crippen LogP) is 2.80. The van der Waals surface area contributed by atoms with Crippen molar-refractivity contribution >= 4 is 11.3 Å². The zero-order chi connectivity index (χ0) is 13.7. The van der Waals surface area contributed by atoms with Gasteiger partial charge in [0.25, 0.3) is 0 Å². The van der Waals surface area contributed by atoms with Crippen LogP contribution in [0.25, 0.3) is 0 Å². The van der Waals surface area contributed by atoms with Gasteiger partial charge in [-0.15, -0.1) is 11.3 Å². The first-order valence-corrected chi connectivity index (χ1v) is 7.45. The summed E-state index contributed by atoms with van der Waals surface area (Å²) in [5.74, 6) is 0. The van der Waals surface area contributed by atoms with Crippen molar-refractivity contribution in [1.82, 2.24) is 10.3 Å². The summed E-state index contributed by atoms with van der Waals surface area (Å²) < 4.78 is 0. The van der Waals surface area contributed by atoms with E-state index in [9.17, 15) is 0 Å². The maximum atomic E-state index is 5.65. The van der Waals surface area contributed by atoms with Gasteiger partial charge in [-0.2, -0.15) is 0 Å². The number of nitrogens with zero attached hydrogens (tertiary/aromatic N) is 1. The molecule has 0 saturated heterocycles. The molecule has 1 aromatic carbocycles. The molecule has 0 saturated carbocycles. The van der Waals surface area contributed by atoms with E-state index in [1.54, 1.807) is 11.3 Å². The first-order valence-electron chi connectivity index (χ1n) is 6.63. The Labute approximate surface area is 118 Å². The minimum atomic E-state index is 0.282. The summed E-state index contributed by atoms with van der Waals surface area (Å²) >= 11 is 1.75. The van der Waals surface area contributed by atoms with E-state index in [0.717, 1.165) is 18.0 Å². The molecule has 4 heteroatoms. The molecule has 0 aliphatic heterocycles. The molecule has 0 radical (unpaired) electrons. The van der Waals surface area contributed by atoms with Gasteiger partial charge in [0.15, 0.2) is 0 Å². The third kappa shape index (κ3) is 3.86. The summed E-state index contributed by atoms with van der Waals surface area (Å²) in [4.78, 5) is 5.68. The highest BCUT2D eigenvalue weighted by atomic mass is 32.1. The Morgan fingerprint density at radius 1 is 1.32 bits per heavy atom. The summed E-state index contributed by atoms with van der Waals surface area (Å²) in [6.07, 6.45) is 2.86. The van der Waals surface area contributed by atoms with E-state index in [1.807, 2.05) is 6.20 Å². The van der Waals surface area contributed by atoms with E-state index in [2.05, 4.69) is 48.4 Å². The van der Waals surface area contributed by atoms with Crippen molar-refractivity contribution in [2.45, 2.75) is 32.9 Å². The molecule has 0 bridgehead atoms. The molecule has 2 rings (SSSR count). The highest BCUT2D eigenvalue weighted by molar-refractivity contribution is 7.11. The van der Waals surface area contributed by atoms with Crippen LogP contribution in [0.4, 0.5) is 0 Å². The van der Waals surface area contributed by atoms with Crippen LogP contribution in [-0.2, 0) is 13.0 Å². The molecule has 0 aliphatic carbocycles. The molecule has 0 aliphatic rings. The monoisotopic (exact) mass is 275 g/mol. The summed E-state index contributed by atoms with van der Waals surface area (Å²) in [7, 11) is 0. The largest absolute Gasteiger partial charge is 0.330 e. The van der Waals surface area contributed by atoms with Crippen LogP contribution >= 0.6 is 11.3 Å². The van der Waals surface area contributed by atoms with Crippen LogP contribution in [0.2, 0.25) is 0 Å². The van der Waals surface area contributed by atoms with Gasteiger partial charge in [-0.3, -0.25) is 0 Å². The number of nitrogens with two attached hydrogens (primary N) is 1. The lowest BCUT2D eigenvalue weighted by Crippen LogP contribution is -2.19. The highest BCUT2D eigenvalue weighted by Gasteiger charge is 2.09. The van der Waals surface area contributed by atoms with Gasteiger partial charge in [0.2, 0.25) is 0 Å². The lowest BCUT2D eigenvalue weighted by atomic mass is 10.0. The zero-order valence-electron chi connectivity index (χ0n) is 11.5. The first kappa shape index (κ1) is 14.2. The Kier molecular flexibility index (Phi) is 5.07. The highest BCUT2D eigenvalue weighted by Crippen LogP contribution is 2.19. The van der Waals surface area contributed by atoms with Crippen molar-refractivity contribution in [3.05, 3.63) is 51.5 Å². The molecule has 0 spiro atoms. The molecule has 1 unspecified atom stereocenters. The van der Waals surface area contributed by atoms with Crippen molar-refractivity contribution in [3.8, 4) is 0 Å². The van der Waals surface area contributed by atoms with Crippen LogP contribution in [0.5, 0.6) is 0 Å². The predicted molar refractivity (Wildman–Crippen MR) is 81.3 cm³/mol. The normalized spacial score (nSPS) is 12.6.